The third-order valence-corrected chi connectivity index (χ3v) is 6.16. The summed E-state index contributed by atoms with van der Waals surface area (Å²) in [6, 6.07) is 1.41. The number of hydrogen-bond acceptors (Lipinski definition) is 5. The van der Waals surface area contributed by atoms with Gasteiger partial charge in [0.2, 0.25) is 6.54 Å². The van der Waals surface area contributed by atoms with E-state index in [9.17, 15) is 9.59 Å². The average Bonchev–Trinajstić information content (AvgIpc) is 3.43. The number of benzene rings is 1. The van der Waals surface area contributed by atoms with Crippen LogP contribution in [0.5, 0.6) is 5.75 Å². The van der Waals surface area contributed by atoms with E-state index in [0.717, 1.165) is 19.3 Å². The first kappa shape index (κ1) is 20.4. The Bertz CT molecular complexity index is 1110. The van der Waals surface area contributed by atoms with Crippen LogP contribution in [0.3, 0.4) is 0 Å². The topological polar surface area (TPSA) is 83.7 Å². The van der Waals surface area contributed by atoms with Gasteiger partial charge < -0.3 is 19.8 Å². The molecule has 1 saturated heterocycles. The smallest absolute Gasteiger partial charge is 0.329 e. The Morgan fingerprint density at radius 2 is 2.17 bits per heavy atom. The number of rotatable bonds is 7. The van der Waals surface area contributed by atoms with Gasteiger partial charge in [0.25, 0.3) is 5.56 Å². The van der Waals surface area contributed by atoms with Gasteiger partial charge in [-0.1, -0.05) is 0 Å². The van der Waals surface area contributed by atoms with Gasteiger partial charge in [0.1, 0.15) is 11.2 Å². The van der Waals surface area contributed by atoms with Gasteiger partial charge in [-0.3, -0.25) is 14.3 Å². The Morgan fingerprint density at radius 3 is 2.83 bits per heavy atom. The number of fused-ring (bicyclic) bond motifs is 1. The van der Waals surface area contributed by atoms with E-state index in [1.807, 2.05) is 4.90 Å². The maximum absolute atomic E-state index is 15.2. The summed E-state index contributed by atoms with van der Waals surface area (Å²) in [6.45, 7) is 11.3. The average molecular weight is 415 g/mol. The molecule has 9 heteroatoms. The lowest BCUT2D eigenvalue weighted by atomic mass is 10.0. The lowest BCUT2D eigenvalue weighted by molar-refractivity contribution is 0.405. The molecule has 1 saturated carbocycles. The lowest BCUT2D eigenvalue weighted by Crippen LogP contribution is -2.36. The fourth-order valence-electron chi connectivity index (χ4n) is 4.43. The lowest BCUT2D eigenvalue weighted by Gasteiger charge is -2.25. The van der Waals surface area contributed by atoms with E-state index in [4.69, 9.17) is 11.3 Å². The molecule has 4 rings (SSSR count). The molecule has 2 unspecified atom stereocenters. The second-order valence-electron chi connectivity index (χ2n) is 8.12. The molecule has 2 aliphatic rings. The number of aromatic nitrogens is 2. The molecule has 0 bridgehead atoms. The highest BCUT2D eigenvalue weighted by atomic mass is 19.1. The Morgan fingerprint density at radius 1 is 1.40 bits per heavy atom. The molecule has 1 aromatic heterocycles. The van der Waals surface area contributed by atoms with Crippen LogP contribution in [0.2, 0.25) is 0 Å². The first-order valence-electron chi connectivity index (χ1n) is 10.3. The molecular weight excluding hydrogens is 389 g/mol. The minimum Gasteiger partial charge on any atom is -0.492 e. The largest absolute Gasteiger partial charge is 0.492 e. The van der Waals surface area contributed by atoms with Crippen molar-refractivity contribution in [2.75, 3.05) is 38.2 Å². The van der Waals surface area contributed by atoms with Crippen molar-refractivity contribution >= 4 is 16.6 Å². The molecule has 0 radical (unpaired) electrons. The molecule has 2 heterocycles. The molecule has 30 heavy (non-hydrogen) atoms. The van der Waals surface area contributed by atoms with Crippen LogP contribution >= 0.6 is 0 Å². The van der Waals surface area contributed by atoms with Crippen molar-refractivity contribution in [1.29, 1.82) is 0 Å². The van der Waals surface area contributed by atoms with Crippen LogP contribution in [0.4, 0.5) is 10.1 Å². The van der Waals surface area contributed by atoms with Gasteiger partial charge in [-0.2, -0.15) is 0 Å². The van der Waals surface area contributed by atoms with Crippen molar-refractivity contribution in [1.82, 2.24) is 14.9 Å². The molecule has 1 aliphatic carbocycles. The van der Waals surface area contributed by atoms with Crippen LogP contribution < -0.4 is 26.2 Å². The van der Waals surface area contributed by atoms with E-state index in [1.54, 1.807) is 4.57 Å². The molecule has 160 valence electrons. The van der Waals surface area contributed by atoms with Crippen molar-refractivity contribution < 1.29 is 9.13 Å². The Balaban J connectivity index is 1.74. The monoisotopic (exact) mass is 415 g/mol. The fourth-order valence-corrected chi connectivity index (χ4v) is 4.43. The summed E-state index contributed by atoms with van der Waals surface area (Å²) in [7, 11) is 1.45. The summed E-state index contributed by atoms with van der Waals surface area (Å²) in [4.78, 5) is 32.5. The summed E-state index contributed by atoms with van der Waals surface area (Å²) in [5.41, 5.74) is -0.410. The quantitative estimate of drug-likeness (QED) is 0.533. The summed E-state index contributed by atoms with van der Waals surface area (Å²) in [6.07, 6.45) is 2.56. The van der Waals surface area contributed by atoms with Crippen LogP contribution in [0.25, 0.3) is 15.7 Å². The molecule has 1 aliphatic heterocycles. The number of anilines is 1. The SMILES string of the molecule is [C-]#[N+]CCNC(C)C1CCN(c2c(F)cc3c(=O)[nH]c(=O)n(C4CC4)c3c2OC)C1. The normalized spacial score (nSPS) is 19.8. The van der Waals surface area contributed by atoms with E-state index in [2.05, 4.69) is 22.1 Å². The van der Waals surface area contributed by atoms with Crippen LogP contribution in [0.1, 0.15) is 32.2 Å². The maximum Gasteiger partial charge on any atom is 0.329 e. The molecule has 8 nitrogen and oxygen atoms in total. The van der Waals surface area contributed by atoms with Gasteiger partial charge in [0.05, 0.1) is 19.0 Å². The second kappa shape index (κ2) is 8.11. The molecule has 1 aromatic carbocycles. The molecular formula is C21H26FN5O3. The number of nitrogens with one attached hydrogen (secondary N) is 2. The third-order valence-electron chi connectivity index (χ3n) is 6.16. The van der Waals surface area contributed by atoms with Gasteiger partial charge in [0, 0.05) is 25.2 Å². The van der Waals surface area contributed by atoms with Crippen molar-refractivity contribution in [2.24, 2.45) is 5.92 Å². The fraction of sp³-hybridized carbons (Fsp3) is 0.571. The van der Waals surface area contributed by atoms with Gasteiger partial charge in [0.15, 0.2) is 11.6 Å². The maximum atomic E-state index is 15.2. The standard InChI is InChI=1S/C21H26FN5O3/c1-12(24-8-7-23-2)13-6-9-26(11-13)18-16(22)10-15-17(19(18)30-3)27(14-4-5-14)21(29)25-20(15)28/h10,12-14,24H,4-9,11H2,1,3H3,(H,25,28,29). The van der Waals surface area contributed by atoms with E-state index >= 15 is 4.39 Å². The highest BCUT2D eigenvalue weighted by Gasteiger charge is 2.34. The summed E-state index contributed by atoms with van der Waals surface area (Å²) in [5, 5.41) is 3.49. The van der Waals surface area contributed by atoms with Crippen molar-refractivity contribution in [3.63, 3.8) is 0 Å². The summed E-state index contributed by atoms with van der Waals surface area (Å²) in [5.74, 6) is 0.00909. The molecule has 2 aromatic rings. The van der Waals surface area contributed by atoms with Gasteiger partial charge in [-0.25, -0.2) is 15.8 Å². The van der Waals surface area contributed by atoms with Crippen LogP contribution in [0, 0.1) is 18.3 Å². The molecule has 2 atom stereocenters. The van der Waals surface area contributed by atoms with Crippen molar-refractivity contribution in [2.45, 2.75) is 38.3 Å². The number of H-pyrrole nitrogens is 1. The summed E-state index contributed by atoms with van der Waals surface area (Å²) >= 11 is 0. The van der Waals surface area contributed by atoms with Gasteiger partial charge >= 0.3 is 5.69 Å². The van der Waals surface area contributed by atoms with E-state index < -0.39 is 17.1 Å². The number of hydrogen-bond donors (Lipinski definition) is 2. The zero-order valence-electron chi connectivity index (χ0n) is 17.2. The number of nitrogens with zero attached hydrogens (tertiary/aromatic N) is 3. The minimum atomic E-state index is -0.604. The van der Waals surface area contributed by atoms with E-state index in [-0.39, 0.29) is 23.2 Å². The van der Waals surface area contributed by atoms with Crippen LogP contribution in [-0.2, 0) is 0 Å². The molecule has 0 spiro atoms. The van der Waals surface area contributed by atoms with Crippen LogP contribution in [0.15, 0.2) is 15.7 Å². The minimum absolute atomic E-state index is 0.00191. The first-order valence-corrected chi connectivity index (χ1v) is 10.3. The van der Waals surface area contributed by atoms with Gasteiger partial charge in [-0.15, -0.1) is 0 Å². The van der Waals surface area contributed by atoms with Crippen molar-refractivity contribution in [3.8, 4) is 5.75 Å². The number of aromatic amines is 1. The van der Waals surface area contributed by atoms with Gasteiger partial charge in [-0.05, 0) is 38.2 Å². The Hall–Kier alpha value is -2.86. The number of ether oxygens (including phenoxy) is 1. The number of methoxy groups -OCH3 is 1. The second-order valence-corrected chi connectivity index (χ2v) is 8.12. The van der Waals surface area contributed by atoms with E-state index in [1.165, 1.54) is 13.2 Å². The third kappa shape index (κ3) is 3.56. The molecule has 2 N–H and O–H groups in total. The zero-order valence-corrected chi connectivity index (χ0v) is 17.2. The van der Waals surface area contributed by atoms with Crippen molar-refractivity contribution in [3.05, 3.63) is 44.1 Å². The highest BCUT2D eigenvalue weighted by Crippen LogP contribution is 2.43. The highest BCUT2D eigenvalue weighted by molar-refractivity contribution is 5.91. The number of halogens is 1. The predicted molar refractivity (Wildman–Crippen MR) is 113 cm³/mol. The molecule has 2 fully saturated rings. The zero-order chi connectivity index (χ0) is 21.4. The molecule has 0 amide bonds. The van der Waals surface area contributed by atoms with Crippen LogP contribution in [-0.4, -0.2) is 48.9 Å². The van der Waals surface area contributed by atoms with E-state index in [0.29, 0.717) is 43.3 Å². The Kier molecular flexibility index (Phi) is 5.52. The Labute approximate surface area is 173 Å². The predicted octanol–water partition coefficient (Wildman–Crippen LogP) is 1.90. The first-order chi connectivity index (χ1) is 14.5. The summed E-state index contributed by atoms with van der Waals surface area (Å²) < 4.78 is 22.4.